The number of rotatable bonds is 4. The van der Waals surface area contributed by atoms with E-state index in [9.17, 15) is 4.79 Å². The summed E-state index contributed by atoms with van der Waals surface area (Å²) in [6.07, 6.45) is 0.968. The van der Waals surface area contributed by atoms with Gasteiger partial charge in [-0.2, -0.15) is 0 Å². The maximum Gasteiger partial charge on any atom is 0.257 e. The molecule has 0 fully saturated rings. The van der Waals surface area contributed by atoms with Crippen LogP contribution in [0.1, 0.15) is 24.3 Å². The van der Waals surface area contributed by atoms with Crippen molar-refractivity contribution >= 4 is 27.9 Å². The van der Waals surface area contributed by atoms with Gasteiger partial charge in [0.1, 0.15) is 5.82 Å². The first-order valence-corrected chi connectivity index (χ1v) is 7.58. The molecule has 102 valence electrons. The minimum Gasteiger partial charge on any atom is -0.364 e. The molecule has 2 heterocycles. The Morgan fingerprint density at radius 3 is 2.85 bits per heavy atom. The fourth-order valence-electron chi connectivity index (χ4n) is 2.34. The Labute approximate surface area is 121 Å². The first-order chi connectivity index (χ1) is 9.78. The summed E-state index contributed by atoms with van der Waals surface area (Å²) in [5.41, 5.74) is -0.0494. The highest BCUT2D eigenvalue weighted by Gasteiger charge is 2.11. The fourth-order valence-corrected chi connectivity index (χ4v) is 3.20. The summed E-state index contributed by atoms with van der Waals surface area (Å²) < 4.78 is 0. The van der Waals surface area contributed by atoms with Crippen LogP contribution in [0.4, 0.5) is 5.82 Å². The van der Waals surface area contributed by atoms with Gasteiger partial charge in [0.2, 0.25) is 0 Å². The molecule has 2 aromatic heterocycles. The van der Waals surface area contributed by atoms with E-state index in [0.29, 0.717) is 0 Å². The standard InChI is InChI=1S/C16H16N2OS/c1-2-13(14-8-5-9-20-14)17-15-10-11-6-3-4-7-12(11)16(19)18-15/h3-10,13H,2H2,1H3,(H2,17,18,19). The first kappa shape index (κ1) is 12.9. The second-order valence-corrected chi connectivity index (χ2v) is 5.70. The van der Waals surface area contributed by atoms with Crippen molar-refractivity contribution in [3.05, 3.63) is 63.1 Å². The minimum atomic E-state index is -0.0494. The minimum absolute atomic E-state index is 0.0494. The van der Waals surface area contributed by atoms with Gasteiger partial charge >= 0.3 is 0 Å². The van der Waals surface area contributed by atoms with Crippen molar-refractivity contribution in [3.8, 4) is 0 Å². The Kier molecular flexibility index (Phi) is 3.56. The molecule has 0 spiro atoms. The maximum absolute atomic E-state index is 12.1. The molecule has 4 heteroatoms. The summed E-state index contributed by atoms with van der Waals surface area (Å²) in [5.74, 6) is 0.772. The number of aromatic nitrogens is 1. The molecule has 0 aliphatic rings. The number of fused-ring (bicyclic) bond motifs is 1. The van der Waals surface area contributed by atoms with Gasteiger partial charge in [-0.05, 0) is 35.4 Å². The van der Waals surface area contributed by atoms with E-state index in [1.54, 1.807) is 11.3 Å². The van der Waals surface area contributed by atoms with Crippen LogP contribution in [-0.2, 0) is 0 Å². The third kappa shape index (κ3) is 2.47. The summed E-state index contributed by atoms with van der Waals surface area (Å²) in [5, 5.41) is 7.17. The number of pyridine rings is 1. The summed E-state index contributed by atoms with van der Waals surface area (Å²) in [6, 6.07) is 14.0. The Balaban J connectivity index is 1.96. The van der Waals surface area contributed by atoms with Gasteiger partial charge in [-0.3, -0.25) is 4.79 Å². The van der Waals surface area contributed by atoms with Gasteiger partial charge in [-0.25, -0.2) is 0 Å². The summed E-state index contributed by atoms with van der Waals surface area (Å²) in [6.45, 7) is 2.14. The second kappa shape index (κ2) is 5.51. The average Bonchev–Trinajstić information content (AvgIpc) is 2.99. The van der Waals surface area contributed by atoms with E-state index in [1.807, 2.05) is 36.4 Å². The molecule has 0 saturated carbocycles. The molecule has 0 bridgehead atoms. The van der Waals surface area contributed by atoms with Gasteiger partial charge in [-0.15, -0.1) is 11.3 Å². The molecule has 1 unspecified atom stereocenters. The molecule has 2 N–H and O–H groups in total. The van der Waals surface area contributed by atoms with Crippen LogP contribution in [0.15, 0.2) is 52.6 Å². The van der Waals surface area contributed by atoms with Crippen molar-refractivity contribution in [3.63, 3.8) is 0 Å². The molecule has 0 aliphatic carbocycles. The van der Waals surface area contributed by atoms with Crippen LogP contribution < -0.4 is 10.9 Å². The molecule has 0 amide bonds. The number of hydrogen-bond donors (Lipinski definition) is 2. The van der Waals surface area contributed by atoms with Crippen LogP contribution in [0.5, 0.6) is 0 Å². The Bertz CT molecular complexity index is 761. The lowest BCUT2D eigenvalue weighted by molar-refractivity contribution is 0.758. The molecular formula is C16H16N2OS. The second-order valence-electron chi connectivity index (χ2n) is 4.72. The van der Waals surface area contributed by atoms with Crippen LogP contribution in [-0.4, -0.2) is 4.98 Å². The highest BCUT2D eigenvalue weighted by Crippen LogP contribution is 2.25. The maximum atomic E-state index is 12.1. The highest BCUT2D eigenvalue weighted by molar-refractivity contribution is 7.10. The zero-order valence-corrected chi connectivity index (χ0v) is 12.0. The molecule has 3 rings (SSSR count). The highest BCUT2D eigenvalue weighted by atomic mass is 32.1. The fraction of sp³-hybridized carbons (Fsp3) is 0.188. The lowest BCUT2D eigenvalue weighted by Gasteiger charge is -2.16. The molecule has 0 aliphatic heterocycles. The molecule has 0 saturated heterocycles. The number of thiophene rings is 1. The van der Waals surface area contributed by atoms with Crippen molar-refractivity contribution in [2.24, 2.45) is 0 Å². The van der Waals surface area contributed by atoms with Crippen molar-refractivity contribution in [2.45, 2.75) is 19.4 Å². The monoisotopic (exact) mass is 284 g/mol. The molecule has 3 aromatic rings. The predicted molar refractivity (Wildman–Crippen MR) is 85.5 cm³/mol. The van der Waals surface area contributed by atoms with Crippen molar-refractivity contribution in [2.75, 3.05) is 5.32 Å². The number of H-pyrrole nitrogens is 1. The number of hydrogen-bond acceptors (Lipinski definition) is 3. The molecule has 3 nitrogen and oxygen atoms in total. The molecule has 0 radical (unpaired) electrons. The van der Waals surface area contributed by atoms with E-state index in [1.165, 1.54) is 4.88 Å². The predicted octanol–water partition coefficient (Wildman–Crippen LogP) is 4.15. The van der Waals surface area contributed by atoms with Gasteiger partial charge < -0.3 is 10.3 Å². The lowest BCUT2D eigenvalue weighted by Crippen LogP contribution is -2.14. The quantitative estimate of drug-likeness (QED) is 0.756. The van der Waals surface area contributed by atoms with Crippen LogP contribution in [0.2, 0.25) is 0 Å². The summed E-state index contributed by atoms with van der Waals surface area (Å²) >= 11 is 1.73. The first-order valence-electron chi connectivity index (χ1n) is 6.70. The van der Waals surface area contributed by atoms with Crippen molar-refractivity contribution < 1.29 is 0 Å². The Morgan fingerprint density at radius 2 is 2.10 bits per heavy atom. The smallest absolute Gasteiger partial charge is 0.257 e. The zero-order valence-electron chi connectivity index (χ0n) is 11.2. The SMILES string of the molecule is CCC(Nc1cc2ccccc2c(=O)[nH]1)c1cccs1. The number of aromatic amines is 1. The number of nitrogens with one attached hydrogen (secondary N) is 2. The van der Waals surface area contributed by atoms with E-state index < -0.39 is 0 Å². The number of benzene rings is 1. The van der Waals surface area contributed by atoms with E-state index in [-0.39, 0.29) is 11.6 Å². The van der Waals surface area contributed by atoms with Crippen LogP contribution in [0.25, 0.3) is 10.8 Å². The average molecular weight is 284 g/mol. The summed E-state index contributed by atoms with van der Waals surface area (Å²) in [7, 11) is 0. The van der Waals surface area contributed by atoms with Gasteiger partial charge in [0.05, 0.1) is 6.04 Å². The van der Waals surface area contributed by atoms with Crippen molar-refractivity contribution in [1.82, 2.24) is 4.98 Å². The molecule has 1 aromatic carbocycles. The van der Waals surface area contributed by atoms with Crippen molar-refractivity contribution in [1.29, 1.82) is 0 Å². The zero-order chi connectivity index (χ0) is 13.9. The van der Waals surface area contributed by atoms with E-state index in [2.05, 4.69) is 28.7 Å². The van der Waals surface area contributed by atoms with E-state index in [0.717, 1.165) is 23.0 Å². The molecule has 20 heavy (non-hydrogen) atoms. The normalized spacial score (nSPS) is 12.4. The van der Waals surface area contributed by atoms with Crippen LogP contribution in [0, 0.1) is 0 Å². The summed E-state index contributed by atoms with van der Waals surface area (Å²) in [4.78, 5) is 16.3. The third-order valence-corrected chi connectivity index (χ3v) is 4.36. The Hall–Kier alpha value is -2.07. The topological polar surface area (TPSA) is 44.9 Å². The van der Waals surface area contributed by atoms with Gasteiger partial charge in [-0.1, -0.05) is 31.2 Å². The van der Waals surface area contributed by atoms with Gasteiger partial charge in [0.25, 0.3) is 5.56 Å². The number of anilines is 1. The largest absolute Gasteiger partial charge is 0.364 e. The lowest BCUT2D eigenvalue weighted by atomic mass is 10.1. The van der Waals surface area contributed by atoms with Gasteiger partial charge in [0.15, 0.2) is 0 Å². The van der Waals surface area contributed by atoms with E-state index in [4.69, 9.17) is 0 Å². The van der Waals surface area contributed by atoms with Gasteiger partial charge in [0, 0.05) is 10.3 Å². The molecule has 1 atom stereocenters. The van der Waals surface area contributed by atoms with E-state index >= 15 is 0 Å². The third-order valence-electron chi connectivity index (χ3n) is 3.38. The Morgan fingerprint density at radius 1 is 1.25 bits per heavy atom. The van der Waals surface area contributed by atoms with Crippen LogP contribution in [0.3, 0.4) is 0 Å². The molecular weight excluding hydrogens is 268 g/mol. The van der Waals surface area contributed by atoms with Crippen LogP contribution >= 0.6 is 11.3 Å².